The molecule has 2 fully saturated rings. The monoisotopic (exact) mass is 874 g/mol. The molecule has 9 rings (SSSR count). The average molecular weight is 875 g/mol. The minimum atomic E-state index is -1.29. The van der Waals surface area contributed by atoms with Crippen molar-refractivity contribution in [3.8, 4) is 0 Å². The Labute approximate surface area is 376 Å². The van der Waals surface area contributed by atoms with E-state index >= 15 is 0 Å². The SMILES string of the molecule is CCn1cnc([C@@H]2O[C@@H](n3cnc4c(NCC(c5ccccc5)c5ccccc5)nc(C(=O)NCCN5CCCCC5)nc43)[C@H](OC(=O)c3ccccc3)[C@@H]2OC(=O)c2ccccc2)n1. The molecule has 2 aliphatic heterocycles. The summed E-state index contributed by atoms with van der Waals surface area (Å²) in [5.41, 5.74) is 3.28. The molecule has 4 atom stereocenters. The van der Waals surface area contributed by atoms with Crippen LogP contribution in [-0.4, -0.2) is 102 Å². The van der Waals surface area contributed by atoms with Gasteiger partial charge in [0.1, 0.15) is 6.33 Å². The average Bonchev–Trinajstić information content (AvgIpc) is 4.11. The standard InChI is InChI=1S/C49H50N10O6/c1-2-58-31-53-43(56-58)40-39(64-48(61)35-22-12-5-13-23-35)41(65-49(62)36-24-14-6-15-25-36)47(63-40)59-32-52-38-42(51-30-37(33-18-8-3-9-19-33)34-20-10-4-11-21-34)54-44(55-45(38)59)46(60)50-26-29-57-27-16-7-17-28-57/h3-6,8-15,18-25,31-32,37,39-41,47H,2,7,16-17,26-30H2,1H3,(H,50,60)(H,51,54,55)/t39-,40-,41-,47-/m1/s1. The Balaban J connectivity index is 1.12. The van der Waals surface area contributed by atoms with Crippen molar-refractivity contribution in [1.82, 2.24) is 44.5 Å². The number of nitrogens with zero attached hydrogens (tertiary/aromatic N) is 8. The number of likely N-dealkylation sites (tertiary alicyclic amines) is 1. The number of piperidine rings is 1. The Morgan fingerprint density at radius 3 is 1.94 bits per heavy atom. The van der Waals surface area contributed by atoms with Crippen molar-refractivity contribution < 1.29 is 28.6 Å². The molecule has 7 aromatic rings. The zero-order valence-electron chi connectivity index (χ0n) is 36.0. The number of hydrogen-bond donors (Lipinski definition) is 2. The Bertz CT molecular complexity index is 2650. The van der Waals surface area contributed by atoms with Crippen LogP contribution in [0.2, 0.25) is 0 Å². The third kappa shape index (κ3) is 9.78. The zero-order valence-corrected chi connectivity index (χ0v) is 36.0. The molecule has 3 aromatic heterocycles. The summed E-state index contributed by atoms with van der Waals surface area (Å²) >= 11 is 0. The molecule has 65 heavy (non-hydrogen) atoms. The third-order valence-corrected chi connectivity index (χ3v) is 11.8. The Morgan fingerprint density at radius 1 is 0.738 bits per heavy atom. The molecule has 332 valence electrons. The van der Waals surface area contributed by atoms with Crippen LogP contribution >= 0.6 is 0 Å². The second kappa shape index (κ2) is 20.0. The summed E-state index contributed by atoms with van der Waals surface area (Å²) in [5.74, 6) is -1.48. The van der Waals surface area contributed by atoms with Crippen LogP contribution in [0.25, 0.3) is 11.2 Å². The van der Waals surface area contributed by atoms with Crippen LogP contribution < -0.4 is 10.6 Å². The molecule has 16 heteroatoms. The lowest BCUT2D eigenvalue weighted by atomic mass is 9.91. The number of aromatic nitrogens is 7. The van der Waals surface area contributed by atoms with E-state index in [1.165, 1.54) is 12.7 Å². The maximum atomic E-state index is 14.1. The fraction of sp³-hybridized carbons (Fsp3) is 0.306. The normalized spacial score (nSPS) is 18.7. The third-order valence-electron chi connectivity index (χ3n) is 11.8. The quantitative estimate of drug-likeness (QED) is 0.0991. The first kappa shape index (κ1) is 43.0. The highest BCUT2D eigenvalue weighted by molar-refractivity contribution is 5.94. The number of hydrogen-bond acceptors (Lipinski definition) is 13. The lowest BCUT2D eigenvalue weighted by Crippen LogP contribution is -2.38. The number of amides is 1. The van der Waals surface area contributed by atoms with Crippen LogP contribution in [0.15, 0.2) is 134 Å². The molecule has 16 nitrogen and oxygen atoms in total. The molecule has 4 aromatic carbocycles. The summed E-state index contributed by atoms with van der Waals surface area (Å²) in [6.45, 7) is 5.91. The highest BCUT2D eigenvalue weighted by atomic mass is 16.6. The minimum absolute atomic E-state index is 0.0949. The molecule has 0 aliphatic carbocycles. The van der Waals surface area contributed by atoms with E-state index in [1.807, 2.05) is 43.3 Å². The highest BCUT2D eigenvalue weighted by Gasteiger charge is 2.53. The van der Waals surface area contributed by atoms with E-state index in [2.05, 4.69) is 49.9 Å². The number of ether oxygens (including phenoxy) is 3. The van der Waals surface area contributed by atoms with Gasteiger partial charge in [-0.05, 0) is 68.2 Å². The molecule has 0 spiro atoms. The van der Waals surface area contributed by atoms with Gasteiger partial charge in [0.25, 0.3) is 5.91 Å². The summed E-state index contributed by atoms with van der Waals surface area (Å²) < 4.78 is 22.6. The van der Waals surface area contributed by atoms with Gasteiger partial charge in [0.2, 0.25) is 5.82 Å². The number of rotatable bonds is 16. The lowest BCUT2D eigenvalue weighted by Gasteiger charge is -2.26. The van der Waals surface area contributed by atoms with Crippen molar-refractivity contribution in [3.63, 3.8) is 0 Å². The molecule has 1 amide bonds. The van der Waals surface area contributed by atoms with Crippen molar-refractivity contribution in [2.45, 2.75) is 63.2 Å². The number of esters is 2. The fourth-order valence-corrected chi connectivity index (χ4v) is 8.36. The number of fused-ring (bicyclic) bond motifs is 1. The van der Waals surface area contributed by atoms with E-state index in [9.17, 15) is 14.4 Å². The van der Waals surface area contributed by atoms with Crippen LogP contribution in [0.4, 0.5) is 5.82 Å². The predicted molar refractivity (Wildman–Crippen MR) is 241 cm³/mol. The first-order chi connectivity index (χ1) is 31.9. The number of anilines is 1. The maximum absolute atomic E-state index is 14.1. The smallest absolute Gasteiger partial charge is 0.338 e. The molecule has 2 N–H and O–H groups in total. The zero-order chi connectivity index (χ0) is 44.5. The van der Waals surface area contributed by atoms with Gasteiger partial charge in [0, 0.05) is 32.1 Å². The van der Waals surface area contributed by atoms with Gasteiger partial charge in [-0.2, -0.15) is 5.10 Å². The van der Waals surface area contributed by atoms with Gasteiger partial charge in [-0.15, -0.1) is 0 Å². The van der Waals surface area contributed by atoms with Gasteiger partial charge in [-0.3, -0.25) is 14.0 Å². The number of carbonyl (C=O) groups excluding carboxylic acids is 3. The number of nitrogens with one attached hydrogen (secondary N) is 2. The van der Waals surface area contributed by atoms with Crippen LogP contribution in [0.1, 0.15) is 92.7 Å². The van der Waals surface area contributed by atoms with Crippen LogP contribution in [0.3, 0.4) is 0 Å². The molecule has 5 heterocycles. The van der Waals surface area contributed by atoms with Crippen molar-refractivity contribution in [3.05, 3.63) is 168 Å². The molecule has 2 aliphatic rings. The number of imidazole rings is 1. The molecule has 0 radical (unpaired) electrons. The van der Waals surface area contributed by atoms with Crippen LogP contribution in [0.5, 0.6) is 0 Å². The van der Waals surface area contributed by atoms with Crippen molar-refractivity contribution in [2.24, 2.45) is 0 Å². The van der Waals surface area contributed by atoms with Gasteiger partial charge < -0.3 is 29.7 Å². The van der Waals surface area contributed by atoms with Gasteiger partial charge in [0.15, 0.2) is 47.3 Å². The van der Waals surface area contributed by atoms with Gasteiger partial charge >= 0.3 is 11.9 Å². The first-order valence-corrected chi connectivity index (χ1v) is 22.1. The molecule has 0 bridgehead atoms. The summed E-state index contributed by atoms with van der Waals surface area (Å²) in [5, 5.41) is 11.2. The summed E-state index contributed by atoms with van der Waals surface area (Å²) in [4.78, 5) is 63.2. The Morgan fingerprint density at radius 2 is 1.34 bits per heavy atom. The van der Waals surface area contributed by atoms with E-state index < -0.39 is 42.4 Å². The lowest BCUT2D eigenvalue weighted by molar-refractivity contribution is -0.0498. The van der Waals surface area contributed by atoms with Gasteiger partial charge in [-0.1, -0.05) is 103 Å². The topological polar surface area (TPSA) is 181 Å². The molecule has 0 unspecified atom stereocenters. The van der Waals surface area contributed by atoms with E-state index in [0.29, 0.717) is 37.5 Å². The number of benzene rings is 4. The number of aryl methyl sites for hydroxylation is 1. The second-order valence-electron chi connectivity index (χ2n) is 16.0. The minimum Gasteiger partial charge on any atom is -0.451 e. The largest absolute Gasteiger partial charge is 0.451 e. The summed E-state index contributed by atoms with van der Waals surface area (Å²) in [6, 6.07) is 37.3. The van der Waals surface area contributed by atoms with Gasteiger partial charge in [0.05, 0.1) is 17.5 Å². The first-order valence-electron chi connectivity index (χ1n) is 22.1. The second-order valence-corrected chi connectivity index (χ2v) is 16.0. The number of carbonyl (C=O) groups is 3. The molecule has 0 saturated carbocycles. The summed E-state index contributed by atoms with van der Waals surface area (Å²) in [7, 11) is 0. The Hall–Kier alpha value is -7.30. The van der Waals surface area contributed by atoms with Crippen LogP contribution in [-0.2, 0) is 20.8 Å². The predicted octanol–water partition coefficient (Wildman–Crippen LogP) is 6.62. The van der Waals surface area contributed by atoms with Gasteiger partial charge in [-0.25, -0.2) is 29.5 Å². The van der Waals surface area contributed by atoms with E-state index in [-0.39, 0.29) is 34.3 Å². The van der Waals surface area contributed by atoms with Crippen LogP contribution in [0, 0.1) is 0 Å². The van der Waals surface area contributed by atoms with Crippen molar-refractivity contribution in [1.29, 1.82) is 0 Å². The van der Waals surface area contributed by atoms with E-state index in [4.69, 9.17) is 29.2 Å². The Kier molecular flexibility index (Phi) is 13.2. The van der Waals surface area contributed by atoms with Crippen molar-refractivity contribution in [2.75, 3.05) is 38.0 Å². The molecular formula is C49H50N10O6. The molecule has 2 saturated heterocycles. The van der Waals surface area contributed by atoms with E-state index in [0.717, 1.165) is 37.1 Å². The summed E-state index contributed by atoms with van der Waals surface area (Å²) in [6.07, 6.45) is 1.67. The van der Waals surface area contributed by atoms with Crippen molar-refractivity contribution >= 4 is 34.8 Å². The maximum Gasteiger partial charge on any atom is 0.338 e. The molecular weight excluding hydrogens is 825 g/mol. The highest BCUT2D eigenvalue weighted by Crippen LogP contribution is 2.43. The fourth-order valence-electron chi connectivity index (χ4n) is 8.36. The van der Waals surface area contributed by atoms with E-state index in [1.54, 1.807) is 76.2 Å².